The van der Waals surface area contributed by atoms with E-state index in [0.717, 1.165) is 0 Å². The standard InChI is InChI=1S/C2H3N3O2/c3-6-2-1-4-7-5-2/h1H,3H2. The fraction of sp³-hybridized carbons (Fsp3) is 0. The van der Waals surface area contributed by atoms with Gasteiger partial charge in [0.15, 0.2) is 0 Å². The van der Waals surface area contributed by atoms with Gasteiger partial charge in [-0.3, -0.25) is 0 Å². The summed E-state index contributed by atoms with van der Waals surface area (Å²) >= 11 is 0. The molecule has 0 unspecified atom stereocenters. The van der Waals surface area contributed by atoms with Crippen molar-refractivity contribution in [1.82, 2.24) is 10.3 Å². The van der Waals surface area contributed by atoms with Crippen LogP contribution in [0.4, 0.5) is 0 Å². The number of nitrogens with two attached hydrogens (primary N) is 1. The van der Waals surface area contributed by atoms with Crippen LogP contribution in [-0.2, 0) is 0 Å². The molecule has 0 bridgehead atoms. The van der Waals surface area contributed by atoms with E-state index in [2.05, 4.69) is 25.7 Å². The monoisotopic (exact) mass is 101 g/mol. The predicted octanol–water partition coefficient (Wildman–Crippen LogP) is -0.678. The summed E-state index contributed by atoms with van der Waals surface area (Å²) in [5.74, 6) is 4.81. The molecule has 0 aliphatic rings. The lowest BCUT2D eigenvalue weighted by Crippen LogP contribution is -2.01. The number of rotatable bonds is 1. The molecule has 0 aliphatic carbocycles. The van der Waals surface area contributed by atoms with Crippen molar-refractivity contribution in [2.24, 2.45) is 5.90 Å². The highest BCUT2D eigenvalue weighted by atomic mass is 16.7. The SMILES string of the molecule is NOc1cnon1. The zero-order valence-electron chi connectivity index (χ0n) is 3.37. The molecule has 0 saturated carbocycles. The average Bonchev–Trinajstić information content (AvgIpc) is 2.14. The smallest absolute Gasteiger partial charge is 0.297 e. The van der Waals surface area contributed by atoms with Gasteiger partial charge in [-0.2, -0.15) is 5.90 Å². The predicted molar refractivity (Wildman–Crippen MR) is 19.1 cm³/mol. The highest BCUT2D eigenvalue weighted by Gasteiger charge is 1.90. The van der Waals surface area contributed by atoms with Crippen LogP contribution < -0.4 is 10.7 Å². The summed E-state index contributed by atoms with van der Waals surface area (Å²) < 4.78 is 4.10. The van der Waals surface area contributed by atoms with Crippen LogP contribution in [0.5, 0.6) is 5.88 Å². The van der Waals surface area contributed by atoms with Crippen molar-refractivity contribution in [3.63, 3.8) is 0 Å². The first-order valence-corrected chi connectivity index (χ1v) is 1.58. The Balaban J connectivity index is 2.76. The molecular formula is C2H3N3O2. The third kappa shape index (κ3) is 0.660. The topological polar surface area (TPSA) is 74.2 Å². The molecule has 0 fully saturated rings. The van der Waals surface area contributed by atoms with Crippen molar-refractivity contribution in [3.8, 4) is 5.88 Å². The summed E-state index contributed by atoms with van der Waals surface area (Å²) in [5.41, 5.74) is 0. The van der Waals surface area contributed by atoms with E-state index in [1.807, 2.05) is 0 Å². The molecule has 0 amide bonds. The van der Waals surface area contributed by atoms with Crippen LogP contribution in [0.2, 0.25) is 0 Å². The van der Waals surface area contributed by atoms with Crippen LogP contribution in [0.15, 0.2) is 10.8 Å². The molecule has 0 aromatic carbocycles. The summed E-state index contributed by atoms with van der Waals surface area (Å²) in [6.45, 7) is 0. The summed E-state index contributed by atoms with van der Waals surface area (Å²) in [4.78, 5) is 4.09. The van der Waals surface area contributed by atoms with E-state index in [9.17, 15) is 0 Å². The molecule has 1 aromatic heterocycles. The largest absolute Gasteiger partial charge is 0.386 e. The van der Waals surface area contributed by atoms with Crippen LogP contribution in [0.1, 0.15) is 0 Å². The lowest BCUT2D eigenvalue weighted by atomic mass is 10.9. The molecule has 5 nitrogen and oxygen atoms in total. The maximum absolute atomic E-state index is 4.63. The van der Waals surface area contributed by atoms with Crippen molar-refractivity contribution < 1.29 is 9.47 Å². The molecular weight excluding hydrogens is 98.0 g/mol. The second-order valence-corrected chi connectivity index (χ2v) is 0.864. The van der Waals surface area contributed by atoms with Crippen molar-refractivity contribution in [1.29, 1.82) is 0 Å². The van der Waals surface area contributed by atoms with E-state index < -0.39 is 0 Å². The number of hydrogen-bond acceptors (Lipinski definition) is 5. The Morgan fingerprint density at radius 3 is 3.00 bits per heavy atom. The lowest BCUT2D eigenvalue weighted by molar-refractivity contribution is 0.260. The van der Waals surface area contributed by atoms with E-state index in [1.54, 1.807) is 0 Å². The van der Waals surface area contributed by atoms with Crippen LogP contribution in [0, 0.1) is 0 Å². The Bertz CT molecular complexity index is 125. The number of aromatic nitrogens is 2. The van der Waals surface area contributed by atoms with E-state index in [4.69, 9.17) is 0 Å². The Morgan fingerprint density at radius 1 is 1.86 bits per heavy atom. The highest BCUT2D eigenvalue weighted by Crippen LogP contribution is 1.95. The summed E-state index contributed by atoms with van der Waals surface area (Å²) in [6, 6.07) is 0. The summed E-state index contributed by atoms with van der Waals surface area (Å²) in [7, 11) is 0. The first-order chi connectivity index (χ1) is 3.43. The molecule has 1 rings (SSSR count). The second kappa shape index (κ2) is 1.57. The zero-order valence-corrected chi connectivity index (χ0v) is 3.37. The van der Waals surface area contributed by atoms with Gasteiger partial charge in [-0.05, 0) is 5.16 Å². The molecule has 0 radical (unpaired) electrons. The quantitative estimate of drug-likeness (QED) is 0.474. The van der Waals surface area contributed by atoms with Gasteiger partial charge in [-0.1, -0.05) is 5.16 Å². The molecule has 7 heavy (non-hydrogen) atoms. The first kappa shape index (κ1) is 4.07. The van der Waals surface area contributed by atoms with Crippen LogP contribution in [-0.4, -0.2) is 10.3 Å². The molecule has 1 aromatic rings. The van der Waals surface area contributed by atoms with Gasteiger partial charge >= 0.3 is 0 Å². The van der Waals surface area contributed by atoms with Gasteiger partial charge in [-0.25, -0.2) is 4.63 Å². The zero-order chi connectivity index (χ0) is 5.11. The van der Waals surface area contributed by atoms with Gasteiger partial charge in [0.2, 0.25) is 0 Å². The van der Waals surface area contributed by atoms with Gasteiger partial charge in [0.05, 0.1) is 0 Å². The first-order valence-electron chi connectivity index (χ1n) is 1.58. The van der Waals surface area contributed by atoms with Gasteiger partial charge in [0, 0.05) is 0 Å². The third-order valence-corrected chi connectivity index (χ3v) is 0.462. The van der Waals surface area contributed by atoms with E-state index in [-0.39, 0.29) is 5.88 Å². The molecule has 5 heteroatoms. The van der Waals surface area contributed by atoms with E-state index in [1.165, 1.54) is 6.20 Å². The average molecular weight is 101 g/mol. The molecule has 38 valence electrons. The maximum atomic E-state index is 4.63. The molecule has 0 spiro atoms. The minimum absolute atomic E-state index is 0.181. The minimum atomic E-state index is 0.181. The number of hydrogen-bond donors (Lipinski definition) is 1. The van der Waals surface area contributed by atoms with Gasteiger partial charge < -0.3 is 4.84 Å². The fourth-order valence-corrected chi connectivity index (χ4v) is 0.208. The summed E-state index contributed by atoms with van der Waals surface area (Å²) in [6.07, 6.45) is 1.26. The Morgan fingerprint density at radius 2 is 2.71 bits per heavy atom. The van der Waals surface area contributed by atoms with Gasteiger partial charge in [0.1, 0.15) is 6.20 Å². The Kier molecular flexibility index (Phi) is 0.910. The van der Waals surface area contributed by atoms with E-state index >= 15 is 0 Å². The van der Waals surface area contributed by atoms with Gasteiger partial charge in [0.25, 0.3) is 5.88 Å². The lowest BCUT2D eigenvalue weighted by Gasteiger charge is -1.80. The molecule has 0 atom stereocenters. The van der Waals surface area contributed by atoms with Gasteiger partial charge in [-0.15, -0.1) is 0 Å². The Hall–Kier alpha value is -1.10. The van der Waals surface area contributed by atoms with Crippen molar-refractivity contribution in [2.75, 3.05) is 0 Å². The minimum Gasteiger partial charge on any atom is -0.386 e. The second-order valence-electron chi connectivity index (χ2n) is 0.864. The normalized spacial score (nSPS) is 8.71. The highest BCUT2D eigenvalue weighted by molar-refractivity contribution is 4.94. The van der Waals surface area contributed by atoms with Crippen LogP contribution in [0.3, 0.4) is 0 Å². The molecule has 0 saturated heterocycles. The van der Waals surface area contributed by atoms with Crippen LogP contribution in [0.25, 0.3) is 0 Å². The van der Waals surface area contributed by atoms with Crippen molar-refractivity contribution >= 4 is 0 Å². The van der Waals surface area contributed by atoms with Crippen LogP contribution >= 0.6 is 0 Å². The molecule has 0 aliphatic heterocycles. The fourth-order valence-electron chi connectivity index (χ4n) is 0.208. The summed E-state index contributed by atoms with van der Waals surface area (Å²) in [5, 5.41) is 6.40. The third-order valence-electron chi connectivity index (χ3n) is 0.462. The molecule has 1 heterocycles. The Labute approximate surface area is 39.0 Å². The van der Waals surface area contributed by atoms with Crippen molar-refractivity contribution in [3.05, 3.63) is 6.20 Å². The maximum Gasteiger partial charge on any atom is 0.297 e. The number of nitrogens with zero attached hydrogens (tertiary/aromatic N) is 2. The molecule has 2 N–H and O–H groups in total. The van der Waals surface area contributed by atoms with E-state index in [0.29, 0.717) is 0 Å². The van der Waals surface area contributed by atoms with Crippen molar-refractivity contribution in [2.45, 2.75) is 0 Å².